The predicted molar refractivity (Wildman–Crippen MR) is 108 cm³/mol. The van der Waals surface area contributed by atoms with Gasteiger partial charge in [-0.3, -0.25) is 4.72 Å². The summed E-state index contributed by atoms with van der Waals surface area (Å²) < 4.78 is 38.6. The van der Waals surface area contributed by atoms with E-state index in [9.17, 15) is 8.42 Å². The SMILES string of the molecule is Cc1ccc(S(=O)(=O)Nc2ccc(Oc3cccc4ocnc34)c(Cl)c2)cc1. The number of halogens is 1. The van der Waals surface area contributed by atoms with Gasteiger partial charge in [0.25, 0.3) is 10.0 Å². The lowest BCUT2D eigenvalue weighted by Crippen LogP contribution is -2.12. The topological polar surface area (TPSA) is 81.4 Å². The Hall–Kier alpha value is -3.03. The molecule has 4 aromatic rings. The lowest BCUT2D eigenvalue weighted by Gasteiger charge is -2.11. The highest BCUT2D eigenvalue weighted by molar-refractivity contribution is 7.92. The molecule has 0 saturated heterocycles. The van der Waals surface area contributed by atoms with Crippen LogP contribution in [0.3, 0.4) is 0 Å². The monoisotopic (exact) mass is 414 g/mol. The first-order chi connectivity index (χ1) is 13.4. The minimum absolute atomic E-state index is 0.173. The van der Waals surface area contributed by atoms with Crippen LogP contribution < -0.4 is 9.46 Å². The number of rotatable bonds is 5. The van der Waals surface area contributed by atoms with Gasteiger partial charge in [-0.05, 0) is 49.4 Å². The number of nitrogens with one attached hydrogen (secondary N) is 1. The van der Waals surface area contributed by atoms with Gasteiger partial charge in [-0.15, -0.1) is 0 Å². The van der Waals surface area contributed by atoms with Crippen molar-refractivity contribution >= 4 is 38.4 Å². The van der Waals surface area contributed by atoms with Crippen LogP contribution >= 0.6 is 11.6 Å². The van der Waals surface area contributed by atoms with Gasteiger partial charge in [0.05, 0.1) is 15.6 Å². The number of ether oxygens (including phenoxy) is 1. The third-order valence-corrected chi connectivity index (χ3v) is 5.75. The van der Waals surface area contributed by atoms with E-state index < -0.39 is 10.0 Å². The maximum Gasteiger partial charge on any atom is 0.261 e. The molecule has 0 spiro atoms. The van der Waals surface area contributed by atoms with Crippen molar-refractivity contribution in [2.75, 3.05) is 4.72 Å². The Balaban J connectivity index is 1.58. The number of aryl methyl sites for hydroxylation is 1. The third kappa shape index (κ3) is 3.67. The van der Waals surface area contributed by atoms with Crippen LogP contribution in [0.2, 0.25) is 5.02 Å². The van der Waals surface area contributed by atoms with Gasteiger partial charge in [0.2, 0.25) is 0 Å². The molecule has 3 aromatic carbocycles. The number of nitrogens with zero attached hydrogens (tertiary/aromatic N) is 1. The zero-order valence-corrected chi connectivity index (χ0v) is 16.3. The molecule has 4 rings (SSSR count). The minimum atomic E-state index is -3.71. The molecule has 0 aliphatic heterocycles. The highest BCUT2D eigenvalue weighted by Crippen LogP contribution is 2.35. The van der Waals surface area contributed by atoms with Gasteiger partial charge in [-0.25, -0.2) is 13.4 Å². The number of aromatic nitrogens is 1. The molecule has 0 unspecified atom stereocenters. The number of sulfonamides is 1. The van der Waals surface area contributed by atoms with Crippen LogP contribution in [0.15, 0.2) is 76.4 Å². The van der Waals surface area contributed by atoms with Gasteiger partial charge >= 0.3 is 0 Å². The van der Waals surface area contributed by atoms with E-state index >= 15 is 0 Å². The van der Waals surface area contributed by atoms with E-state index in [1.807, 2.05) is 6.92 Å². The normalized spacial score (nSPS) is 11.5. The average molecular weight is 415 g/mol. The summed E-state index contributed by atoms with van der Waals surface area (Å²) in [7, 11) is -3.71. The van der Waals surface area contributed by atoms with Crippen molar-refractivity contribution in [1.82, 2.24) is 4.98 Å². The van der Waals surface area contributed by atoms with Crippen molar-refractivity contribution in [3.8, 4) is 11.5 Å². The smallest absolute Gasteiger partial charge is 0.261 e. The molecule has 0 aliphatic carbocycles. The van der Waals surface area contributed by atoms with E-state index in [2.05, 4.69) is 9.71 Å². The Morgan fingerprint density at radius 1 is 1.04 bits per heavy atom. The van der Waals surface area contributed by atoms with E-state index in [0.29, 0.717) is 28.3 Å². The van der Waals surface area contributed by atoms with Gasteiger partial charge < -0.3 is 9.15 Å². The molecule has 0 fully saturated rings. The highest BCUT2D eigenvalue weighted by Gasteiger charge is 2.15. The maximum atomic E-state index is 12.5. The zero-order valence-electron chi connectivity index (χ0n) is 14.7. The molecule has 1 aromatic heterocycles. The third-order valence-electron chi connectivity index (χ3n) is 4.06. The van der Waals surface area contributed by atoms with Gasteiger partial charge in [0.15, 0.2) is 23.2 Å². The van der Waals surface area contributed by atoms with Crippen molar-refractivity contribution in [2.24, 2.45) is 0 Å². The second kappa shape index (κ2) is 7.18. The zero-order chi connectivity index (χ0) is 19.7. The largest absolute Gasteiger partial charge is 0.453 e. The molecule has 1 N–H and O–H groups in total. The minimum Gasteiger partial charge on any atom is -0.453 e. The first-order valence-electron chi connectivity index (χ1n) is 8.31. The van der Waals surface area contributed by atoms with E-state index in [1.54, 1.807) is 54.6 Å². The second-order valence-corrected chi connectivity index (χ2v) is 8.21. The van der Waals surface area contributed by atoms with Gasteiger partial charge in [-0.2, -0.15) is 0 Å². The molecular formula is C20H15ClN2O4S. The summed E-state index contributed by atoms with van der Waals surface area (Å²) in [5.74, 6) is 0.858. The Morgan fingerprint density at radius 3 is 2.57 bits per heavy atom. The summed E-state index contributed by atoms with van der Waals surface area (Å²) in [5.41, 5.74) is 2.47. The molecule has 0 atom stereocenters. The lowest BCUT2D eigenvalue weighted by molar-refractivity contribution is 0.487. The molecule has 8 heteroatoms. The summed E-state index contributed by atoms with van der Waals surface area (Å²) in [6, 6.07) is 16.5. The molecule has 0 bridgehead atoms. The first-order valence-corrected chi connectivity index (χ1v) is 10.2. The van der Waals surface area contributed by atoms with E-state index in [-0.39, 0.29) is 9.92 Å². The number of hydrogen-bond acceptors (Lipinski definition) is 5. The number of anilines is 1. The molecule has 0 aliphatic rings. The van der Waals surface area contributed by atoms with Crippen LogP contribution in [0.5, 0.6) is 11.5 Å². The summed E-state index contributed by atoms with van der Waals surface area (Å²) in [4.78, 5) is 4.30. The Bertz CT molecular complexity index is 1250. The Kier molecular flexibility index (Phi) is 4.70. The molecule has 0 amide bonds. The molecule has 0 radical (unpaired) electrons. The quantitative estimate of drug-likeness (QED) is 0.474. The highest BCUT2D eigenvalue weighted by atomic mass is 35.5. The number of para-hydroxylation sites is 1. The van der Waals surface area contributed by atoms with Gasteiger partial charge in [-0.1, -0.05) is 35.4 Å². The average Bonchev–Trinajstić information content (AvgIpc) is 3.14. The van der Waals surface area contributed by atoms with E-state index in [0.717, 1.165) is 5.56 Å². The van der Waals surface area contributed by atoms with Crippen molar-refractivity contribution in [3.63, 3.8) is 0 Å². The first kappa shape index (κ1) is 18.3. The summed E-state index contributed by atoms with van der Waals surface area (Å²) >= 11 is 6.30. The molecular weight excluding hydrogens is 400 g/mol. The fourth-order valence-corrected chi connectivity index (χ4v) is 3.91. The number of fused-ring (bicyclic) bond motifs is 1. The summed E-state index contributed by atoms with van der Waals surface area (Å²) in [6.07, 6.45) is 1.34. The van der Waals surface area contributed by atoms with Crippen molar-refractivity contribution in [3.05, 3.63) is 77.6 Å². The molecule has 6 nitrogen and oxygen atoms in total. The number of hydrogen-bond donors (Lipinski definition) is 1. The van der Waals surface area contributed by atoms with Gasteiger partial charge in [0.1, 0.15) is 5.75 Å². The summed E-state index contributed by atoms with van der Waals surface area (Å²) in [5, 5.41) is 0.254. The van der Waals surface area contributed by atoms with Crippen molar-refractivity contribution in [1.29, 1.82) is 0 Å². The van der Waals surface area contributed by atoms with Crippen LogP contribution in [-0.4, -0.2) is 13.4 Å². The fourth-order valence-electron chi connectivity index (χ4n) is 2.64. The molecule has 1 heterocycles. The number of benzene rings is 3. The van der Waals surface area contributed by atoms with Crippen molar-refractivity contribution < 1.29 is 17.6 Å². The number of oxazole rings is 1. The fraction of sp³-hybridized carbons (Fsp3) is 0.0500. The van der Waals surface area contributed by atoms with Crippen LogP contribution in [0, 0.1) is 6.92 Å². The van der Waals surface area contributed by atoms with E-state index in [4.69, 9.17) is 20.8 Å². The Labute approximate surface area is 166 Å². The van der Waals surface area contributed by atoms with Crippen LogP contribution in [-0.2, 0) is 10.0 Å². The summed E-state index contributed by atoms with van der Waals surface area (Å²) in [6.45, 7) is 1.89. The maximum absolute atomic E-state index is 12.5. The van der Waals surface area contributed by atoms with Gasteiger partial charge in [0, 0.05) is 0 Å². The molecule has 0 saturated carbocycles. The van der Waals surface area contributed by atoms with Crippen molar-refractivity contribution in [2.45, 2.75) is 11.8 Å². The van der Waals surface area contributed by atoms with Crippen LogP contribution in [0.1, 0.15) is 5.56 Å². The van der Waals surface area contributed by atoms with Crippen LogP contribution in [0.4, 0.5) is 5.69 Å². The Morgan fingerprint density at radius 2 is 1.82 bits per heavy atom. The lowest BCUT2D eigenvalue weighted by atomic mass is 10.2. The van der Waals surface area contributed by atoms with E-state index in [1.165, 1.54) is 12.5 Å². The molecule has 28 heavy (non-hydrogen) atoms. The predicted octanol–water partition coefficient (Wildman–Crippen LogP) is 5.38. The standard InChI is InChI=1S/C20H15ClN2O4S/c1-13-5-8-15(9-6-13)28(24,25)23-14-7-10-17(16(21)11-14)27-19-4-2-3-18-20(19)22-12-26-18/h2-12,23H,1H3. The molecule has 142 valence electrons. The second-order valence-electron chi connectivity index (χ2n) is 6.12. The van der Waals surface area contributed by atoms with Crippen LogP contribution in [0.25, 0.3) is 11.1 Å².